The number of nitrogens with zero attached hydrogens (tertiary/aromatic N) is 1. The predicted octanol–water partition coefficient (Wildman–Crippen LogP) is 8.16. The third-order valence-corrected chi connectivity index (χ3v) is 9.17. The highest BCUT2D eigenvalue weighted by molar-refractivity contribution is 9.10. The van der Waals surface area contributed by atoms with E-state index in [1.54, 1.807) is 0 Å². The molecule has 228 valence electrons. The summed E-state index contributed by atoms with van der Waals surface area (Å²) < 4.78 is 48.6. The smallest absolute Gasteiger partial charge is 0.467 e. The highest BCUT2D eigenvalue weighted by Crippen LogP contribution is 2.43. The number of esters is 1. The van der Waals surface area contributed by atoms with Crippen LogP contribution in [-0.4, -0.2) is 49.3 Å². The van der Waals surface area contributed by atoms with E-state index < -0.39 is 38.4 Å². The largest absolute Gasteiger partial charge is 0.573 e. The number of carbonyl (C=O) groups excluding carboxylic acids is 2. The molecular weight excluding hydrogens is 721 g/mol. The second-order valence-corrected chi connectivity index (χ2v) is 17.9. The number of rotatable bonds is 4. The van der Waals surface area contributed by atoms with Gasteiger partial charge in [-0.05, 0) is 64.6 Å². The van der Waals surface area contributed by atoms with E-state index in [2.05, 4.69) is 53.0 Å². The molecule has 3 aromatic carbocycles. The molecule has 0 spiro atoms. The van der Waals surface area contributed by atoms with Gasteiger partial charge in [-0.3, -0.25) is 4.79 Å². The van der Waals surface area contributed by atoms with Crippen molar-refractivity contribution in [1.29, 1.82) is 0 Å². The van der Waals surface area contributed by atoms with Crippen LogP contribution in [0.2, 0.25) is 19.6 Å². The van der Waals surface area contributed by atoms with Gasteiger partial charge in [-0.25, -0.2) is 4.79 Å². The number of hydrogen-bond acceptors (Lipinski definition) is 4. The van der Waals surface area contributed by atoms with Gasteiger partial charge < -0.3 is 19.4 Å². The lowest BCUT2D eigenvalue weighted by Gasteiger charge is -2.40. The maximum Gasteiger partial charge on any atom is 0.573 e. The van der Waals surface area contributed by atoms with Crippen LogP contribution >= 0.6 is 31.9 Å². The zero-order valence-electron chi connectivity index (χ0n) is 24.1. The lowest BCUT2D eigenvalue weighted by Crippen LogP contribution is -2.51. The van der Waals surface area contributed by atoms with Gasteiger partial charge in [0.15, 0.2) is 0 Å². The first-order valence-corrected chi connectivity index (χ1v) is 18.6. The third kappa shape index (κ3) is 6.75. The number of benzene rings is 3. The average Bonchev–Trinajstić information content (AvgIpc) is 3.31. The number of hydrogen-bond donors (Lipinski definition) is 1. The Labute approximate surface area is 270 Å². The van der Waals surface area contributed by atoms with Crippen molar-refractivity contribution in [1.82, 2.24) is 9.88 Å². The second-order valence-electron chi connectivity index (χ2n) is 11.4. The van der Waals surface area contributed by atoms with Gasteiger partial charge in [0.05, 0.1) is 13.2 Å². The maximum absolute atomic E-state index is 13.8. The molecule has 1 amide bonds. The fourth-order valence-corrected chi connectivity index (χ4v) is 6.73. The van der Waals surface area contributed by atoms with E-state index in [0.29, 0.717) is 15.6 Å². The van der Waals surface area contributed by atoms with Gasteiger partial charge in [-0.15, -0.1) is 18.7 Å². The summed E-state index contributed by atoms with van der Waals surface area (Å²) in [7, 11) is -0.630. The molecule has 1 aliphatic heterocycles. The molecule has 2 heterocycles. The Kier molecular flexibility index (Phi) is 8.77. The van der Waals surface area contributed by atoms with Crippen molar-refractivity contribution in [2.45, 2.75) is 44.5 Å². The monoisotopic (exact) mass is 746 g/mol. The highest BCUT2D eigenvalue weighted by Gasteiger charge is 2.44. The fourth-order valence-electron chi connectivity index (χ4n) is 5.30. The molecule has 0 fully saturated rings. The maximum atomic E-state index is 13.8. The molecule has 1 N–H and O–H groups in total. The van der Waals surface area contributed by atoms with Gasteiger partial charge in [-0.2, -0.15) is 0 Å². The molecule has 1 aliphatic rings. The van der Waals surface area contributed by atoms with Crippen molar-refractivity contribution in [2.24, 2.45) is 0 Å². The van der Waals surface area contributed by atoms with Gasteiger partial charge in [0.1, 0.15) is 19.9 Å². The molecule has 0 saturated heterocycles. The Balaban J connectivity index is 1.64. The zero-order valence-corrected chi connectivity index (χ0v) is 28.3. The fraction of sp³-hybridized carbons (Fsp3) is 0.250. The molecule has 0 bridgehead atoms. The molecule has 44 heavy (non-hydrogen) atoms. The first-order valence-electron chi connectivity index (χ1n) is 13.5. The van der Waals surface area contributed by atoms with E-state index in [0.717, 1.165) is 32.2 Å². The Bertz CT molecular complexity index is 1820. The second kappa shape index (κ2) is 12.1. The first-order chi connectivity index (χ1) is 20.6. The van der Waals surface area contributed by atoms with Crippen LogP contribution in [0, 0.1) is 11.5 Å². The predicted molar refractivity (Wildman–Crippen MR) is 172 cm³/mol. The summed E-state index contributed by atoms with van der Waals surface area (Å²) in [6, 6.07) is 15.5. The summed E-state index contributed by atoms with van der Waals surface area (Å²) >= 11 is 6.89. The van der Waals surface area contributed by atoms with E-state index in [9.17, 15) is 22.8 Å². The number of nitrogens with one attached hydrogen (secondary N) is 1. The Morgan fingerprint density at radius 2 is 1.73 bits per heavy atom. The Morgan fingerprint density at radius 1 is 1.02 bits per heavy atom. The van der Waals surface area contributed by atoms with E-state index in [4.69, 9.17) is 4.74 Å². The zero-order chi connectivity index (χ0) is 32.0. The lowest BCUT2D eigenvalue weighted by molar-refractivity contribution is -0.274. The molecule has 0 radical (unpaired) electrons. The number of H-pyrrole nitrogens is 1. The summed E-state index contributed by atoms with van der Waals surface area (Å²) in [5, 5.41) is 0.926. The van der Waals surface area contributed by atoms with Crippen LogP contribution < -0.4 is 4.74 Å². The number of amides is 1. The first kappa shape index (κ1) is 31.9. The Morgan fingerprint density at radius 3 is 2.34 bits per heavy atom. The van der Waals surface area contributed by atoms with Gasteiger partial charge in [0, 0.05) is 32.0 Å². The molecule has 2 atom stereocenters. The molecule has 2 unspecified atom stereocenters. The molecule has 6 nitrogen and oxygen atoms in total. The number of halogens is 5. The van der Waals surface area contributed by atoms with Crippen molar-refractivity contribution in [2.75, 3.05) is 7.11 Å². The SMILES string of the molecule is COC(=O)C1Cc2c([nH]c3ccc(Br)cc23)C(c2ccc(-c3ccc(OC(F)(F)F)cc3Br)cc2)N1C(=O)C#C[Si](C)(C)C. The molecule has 1 aromatic heterocycles. The van der Waals surface area contributed by atoms with Crippen LogP contribution in [0.1, 0.15) is 22.9 Å². The molecule has 12 heteroatoms. The minimum Gasteiger partial charge on any atom is -0.467 e. The van der Waals surface area contributed by atoms with E-state index >= 15 is 0 Å². The number of carbonyl (C=O) groups is 2. The molecular formula is C32H27Br2F3N2O4Si. The summed E-state index contributed by atoms with van der Waals surface area (Å²) in [6.07, 6.45) is -4.56. The van der Waals surface area contributed by atoms with Crippen LogP contribution in [0.4, 0.5) is 13.2 Å². The number of fused-ring (bicyclic) bond motifs is 3. The van der Waals surface area contributed by atoms with Gasteiger partial charge in [0.25, 0.3) is 5.91 Å². The molecule has 0 saturated carbocycles. The van der Waals surface area contributed by atoms with Crippen LogP contribution in [-0.2, 0) is 20.7 Å². The Hall–Kier alpha value is -3.53. The highest BCUT2D eigenvalue weighted by atomic mass is 79.9. The minimum atomic E-state index is -4.80. The van der Waals surface area contributed by atoms with Crippen molar-refractivity contribution in [3.63, 3.8) is 0 Å². The number of alkyl halides is 3. The molecule has 5 rings (SSSR count). The van der Waals surface area contributed by atoms with Gasteiger partial charge >= 0.3 is 12.3 Å². The number of methoxy groups -OCH3 is 1. The van der Waals surface area contributed by atoms with E-state index in [1.807, 2.05) is 62.1 Å². The van der Waals surface area contributed by atoms with Gasteiger partial charge in [-0.1, -0.05) is 75.8 Å². The topological polar surface area (TPSA) is 71.6 Å². The summed E-state index contributed by atoms with van der Waals surface area (Å²) in [5.74, 6) is 1.44. The quantitative estimate of drug-likeness (QED) is 0.130. The summed E-state index contributed by atoms with van der Waals surface area (Å²) in [4.78, 5) is 32.1. The van der Waals surface area contributed by atoms with Crippen LogP contribution in [0.3, 0.4) is 0 Å². The summed E-state index contributed by atoms with van der Waals surface area (Å²) in [6.45, 7) is 6.10. The van der Waals surface area contributed by atoms with Crippen LogP contribution in [0.15, 0.2) is 69.6 Å². The van der Waals surface area contributed by atoms with Gasteiger partial charge in [0.2, 0.25) is 0 Å². The van der Waals surface area contributed by atoms with Crippen LogP contribution in [0.25, 0.3) is 22.0 Å². The van der Waals surface area contributed by atoms with Crippen molar-refractivity contribution < 1.29 is 32.2 Å². The normalized spacial score (nSPS) is 16.6. The standard InChI is InChI=1S/C32H27Br2F3N2O4Si/c1-42-31(41)27-17-24-23-15-20(33)9-12-26(23)38-29(24)30(39(27)28(40)13-14-44(2,3)4)19-7-5-18(6-8-19)22-11-10-21(16-25(22)34)43-32(35,36)37/h5-12,15-16,27,30,38H,17H2,1-4H3. The lowest BCUT2D eigenvalue weighted by atomic mass is 9.87. The molecule has 0 aliphatic carbocycles. The number of aromatic nitrogens is 1. The minimum absolute atomic E-state index is 0.243. The third-order valence-electron chi connectivity index (χ3n) is 7.15. The van der Waals surface area contributed by atoms with Crippen molar-refractivity contribution >= 4 is 62.7 Å². The van der Waals surface area contributed by atoms with Crippen molar-refractivity contribution in [3.8, 4) is 28.3 Å². The average molecular weight is 748 g/mol. The number of aromatic amines is 1. The van der Waals surface area contributed by atoms with E-state index in [-0.39, 0.29) is 12.2 Å². The summed E-state index contributed by atoms with van der Waals surface area (Å²) in [5.41, 5.74) is 7.73. The molecule has 4 aromatic rings. The number of ether oxygens (including phenoxy) is 2. The van der Waals surface area contributed by atoms with Crippen LogP contribution in [0.5, 0.6) is 5.75 Å². The van der Waals surface area contributed by atoms with E-state index in [1.165, 1.54) is 30.2 Å². The van der Waals surface area contributed by atoms with Crippen molar-refractivity contribution in [3.05, 3.63) is 86.4 Å².